The molecule has 2 fully saturated rings. The lowest BCUT2D eigenvalue weighted by molar-refractivity contribution is -0.170. The van der Waals surface area contributed by atoms with E-state index in [0.717, 1.165) is 38.5 Å². The second kappa shape index (κ2) is 9.21. The third-order valence-corrected chi connectivity index (χ3v) is 5.42. The van der Waals surface area contributed by atoms with Crippen LogP contribution >= 0.6 is 0 Å². The molecule has 0 aromatic carbocycles. The predicted octanol–water partition coefficient (Wildman–Crippen LogP) is 3.25. The van der Waals surface area contributed by atoms with Gasteiger partial charge < -0.3 is 19.7 Å². The minimum absolute atomic E-state index is 0.188. The van der Waals surface area contributed by atoms with Crippen LogP contribution in [0.3, 0.4) is 0 Å². The number of rotatable bonds is 10. The molecule has 0 aromatic rings. The number of unbranched alkanes of at least 4 members (excludes halogenated alkanes) is 4. The first-order valence-corrected chi connectivity index (χ1v) is 9.26. The highest BCUT2D eigenvalue weighted by Crippen LogP contribution is 2.39. The number of aliphatic hydroxyl groups excluding tert-OH is 2. The SMILES string of the molecule is CCCCCCCC1(CC[C@@H]2C[C@@H](O)C[C@H]2CO)OCCO1. The topological polar surface area (TPSA) is 58.9 Å². The zero-order valence-electron chi connectivity index (χ0n) is 14.1. The van der Waals surface area contributed by atoms with E-state index in [2.05, 4.69) is 6.92 Å². The zero-order valence-corrected chi connectivity index (χ0v) is 14.1. The fourth-order valence-corrected chi connectivity index (χ4v) is 4.07. The molecule has 0 aromatic heterocycles. The Morgan fingerprint density at radius 1 is 0.955 bits per heavy atom. The normalized spacial score (nSPS) is 31.0. The molecule has 1 heterocycles. The average Bonchev–Trinajstić information content (AvgIpc) is 3.12. The van der Waals surface area contributed by atoms with Crippen LogP contribution in [-0.4, -0.2) is 41.9 Å². The summed E-state index contributed by atoms with van der Waals surface area (Å²) in [5.74, 6) is 0.266. The van der Waals surface area contributed by atoms with Gasteiger partial charge in [-0.25, -0.2) is 0 Å². The number of hydrogen-bond donors (Lipinski definition) is 2. The second-order valence-electron chi connectivity index (χ2n) is 7.14. The van der Waals surface area contributed by atoms with Crippen molar-refractivity contribution in [3.05, 3.63) is 0 Å². The summed E-state index contributed by atoms with van der Waals surface area (Å²) in [7, 11) is 0. The highest BCUT2D eigenvalue weighted by Gasteiger charge is 2.39. The summed E-state index contributed by atoms with van der Waals surface area (Å²) < 4.78 is 11.9. The van der Waals surface area contributed by atoms with Crippen LogP contribution in [0.25, 0.3) is 0 Å². The van der Waals surface area contributed by atoms with Crippen molar-refractivity contribution in [3.8, 4) is 0 Å². The summed E-state index contributed by atoms with van der Waals surface area (Å²) >= 11 is 0. The Morgan fingerprint density at radius 3 is 2.32 bits per heavy atom. The summed E-state index contributed by atoms with van der Waals surface area (Å²) in [6.07, 6.45) is 10.5. The maximum Gasteiger partial charge on any atom is 0.168 e. The molecule has 1 saturated heterocycles. The molecule has 1 aliphatic carbocycles. The van der Waals surface area contributed by atoms with Gasteiger partial charge in [-0.05, 0) is 37.5 Å². The molecule has 2 N–H and O–H groups in total. The lowest BCUT2D eigenvalue weighted by Gasteiger charge is -2.29. The molecule has 2 aliphatic rings. The highest BCUT2D eigenvalue weighted by atomic mass is 16.7. The van der Waals surface area contributed by atoms with Gasteiger partial charge in [0.05, 0.1) is 19.3 Å². The molecule has 0 amide bonds. The van der Waals surface area contributed by atoms with E-state index in [9.17, 15) is 10.2 Å². The predicted molar refractivity (Wildman–Crippen MR) is 86.6 cm³/mol. The molecule has 1 saturated carbocycles. The van der Waals surface area contributed by atoms with Crippen LogP contribution in [0, 0.1) is 11.8 Å². The molecule has 130 valence electrons. The first kappa shape index (κ1) is 18.2. The van der Waals surface area contributed by atoms with Crippen LogP contribution in [-0.2, 0) is 9.47 Å². The molecular formula is C18H34O4. The number of ether oxygens (including phenoxy) is 2. The summed E-state index contributed by atoms with van der Waals surface area (Å²) in [4.78, 5) is 0. The third-order valence-electron chi connectivity index (χ3n) is 5.42. The molecule has 3 atom stereocenters. The van der Waals surface area contributed by atoms with Gasteiger partial charge in [0.15, 0.2) is 5.79 Å². The minimum atomic E-state index is -0.389. The Morgan fingerprint density at radius 2 is 1.64 bits per heavy atom. The van der Waals surface area contributed by atoms with Crippen LogP contribution in [0.2, 0.25) is 0 Å². The molecule has 1 aliphatic heterocycles. The van der Waals surface area contributed by atoms with E-state index in [1.165, 1.54) is 25.7 Å². The van der Waals surface area contributed by atoms with Crippen LogP contribution in [0.1, 0.15) is 71.1 Å². The van der Waals surface area contributed by atoms with Crippen LogP contribution in [0.5, 0.6) is 0 Å². The van der Waals surface area contributed by atoms with E-state index in [1.54, 1.807) is 0 Å². The largest absolute Gasteiger partial charge is 0.396 e. The number of aliphatic hydroxyl groups is 2. The molecule has 4 nitrogen and oxygen atoms in total. The van der Waals surface area contributed by atoms with Crippen LogP contribution < -0.4 is 0 Å². The molecule has 22 heavy (non-hydrogen) atoms. The molecule has 0 unspecified atom stereocenters. The summed E-state index contributed by atoms with van der Waals surface area (Å²) in [6, 6.07) is 0. The molecule has 2 rings (SSSR count). The van der Waals surface area contributed by atoms with E-state index in [-0.39, 0.29) is 24.4 Å². The lowest BCUT2D eigenvalue weighted by atomic mass is 9.89. The third kappa shape index (κ3) is 5.19. The van der Waals surface area contributed by atoms with E-state index in [4.69, 9.17) is 9.47 Å². The van der Waals surface area contributed by atoms with E-state index < -0.39 is 0 Å². The Kier molecular flexibility index (Phi) is 7.61. The van der Waals surface area contributed by atoms with Gasteiger partial charge in [-0.15, -0.1) is 0 Å². The highest BCUT2D eigenvalue weighted by molar-refractivity contribution is 4.85. The van der Waals surface area contributed by atoms with Crippen molar-refractivity contribution < 1.29 is 19.7 Å². The van der Waals surface area contributed by atoms with Gasteiger partial charge in [-0.2, -0.15) is 0 Å². The second-order valence-corrected chi connectivity index (χ2v) is 7.14. The Hall–Kier alpha value is -0.160. The lowest BCUT2D eigenvalue weighted by Crippen LogP contribution is -2.31. The summed E-state index contributed by atoms with van der Waals surface area (Å²) in [5.41, 5.74) is 0. The molecule has 0 spiro atoms. The molecule has 4 heteroatoms. The van der Waals surface area contributed by atoms with E-state index in [0.29, 0.717) is 19.1 Å². The van der Waals surface area contributed by atoms with Gasteiger partial charge in [0.25, 0.3) is 0 Å². The van der Waals surface area contributed by atoms with Crippen molar-refractivity contribution in [1.29, 1.82) is 0 Å². The Labute approximate surface area is 135 Å². The van der Waals surface area contributed by atoms with Gasteiger partial charge in [-0.3, -0.25) is 0 Å². The summed E-state index contributed by atoms with van der Waals surface area (Å²) in [5, 5.41) is 19.3. The van der Waals surface area contributed by atoms with Gasteiger partial charge in [0, 0.05) is 19.4 Å². The smallest absolute Gasteiger partial charge is 0.168 e. The van der Waals surface area contributed by atoms with Crippen LogP contribution in [0.15, 0.2) is 0 Å². The van der Waals surface area contributed by atoms with Crippen molar-refractivity contribution in [3.63, 3.8) is 0 Å². The monoisotopic (exact) mass is 314 g/mol. The van der Waals surface area contributed by atoms with Crippen molar-refractivity contribution in [1.82, 2.24) is 0 Å². The molecular weight excluding hydrogens is 280 g/mol. The average molecular weight is 314 g/mol. The minimum Gasteiger partial charge on any atom is -0.396 e. The van der Waals surface area contributed by atoms with Crippen molar-refractivity contribution in [2.45, 2.75) is 83.0 Å². The summed E-state index contributed by atoms with van der Waals surface area (Å²) in [6.45, 7) is 3.82. The fourth-order valence-electron chi connectivity index (χ4n) is 4.07. The Balaban J connectivity index is 1.76. The van der Waals surface area contributed by atoms with Gasteiger partial charge in [0.1, 0.15) is 0 Å². The van der Waals surface area contributed by atoms with Crippen molar-refractivity contribution in [2.75, 3.05) is 19.8 Å². The quantitative estimate of drug-likeness (QED) is 0.608. The molecule has 0 radical (unpaired) electrons. The number of hydrogen-bond acceptors (Lipinski definition) is 4. The zero-order chi connectivity index (χ0) is 15.8. The Bertz CT molecular complexity index is 301. The van der Waals surface area contributed by atoms with Crippen LogP contribution in [0.4, 0.5) is 0 Å². The first-order chi connectivity index (χ1) is 10.7. The van der Waals surface area contributed by atoms with Crippen molar-refractivity contribution >= 4 is 0 Å². The first-order valence-electron chi connectivity index (χ1n) is 9.26. The van der Waals surface area contributed by atoms with E-state index >= 15 is 0 Å². The maximum absolute atomic E-state index is 9.81. The maximum atomic E-state index is 9.81. The van der Waals surface area contributed by atoms with Gasteiger partial charge in [0.2, 0.25) is 0 Å². The van der Waals surface area contributed by atoms with Gasteiger partial charge >= 0.3 is 0 Å². The molecule has 0 bridgehead atoms. The van der Waals surface area contributed by atoms with Gasteiger partial charge in [-0.1, -0.05) is 32.6 Å². The standard InChI is InChI=1S/C18H34O4/c1-2-3-4-5-6-8-18(21-10-11-22-18)9-7-15-12-17(20)13-16(15)14-19/h15-17,19-20H,2-14H2,1H3/t15-,16+,17-/m1/s1. The van der Waals surface area contributed by atoms with Crippen molar-refractivity contribution in [2.24, 2.45) is 11.8 Å². The fraction of sp³-hybridized carbons (Fsp3) is 1.00. The van der Waals surface area contributed by atoms with E-state index in [1.807, 2.05) is 0 Å².